The monoisotopic (exact) mass is 342 g/mol. The predicted molar refractivity (Wildman–Crippen MR) is 81.1 cm³/mol. The smallest absolute Gasteiger partial charge is 0.339 e. The molecule has 2 saturated heterocycles. The summed E-state index contributed by atoms with van der Waals surface area (Å²) in [6.07, 6.45) is 2.72. The van der Waals surface area contributed by atoms with Gasteiger partial charge in [0.25, 0.3) is 0 Å². The summed E-state index contributed by atoms with van der Waals surface area (Å²) in [5.74, 6) is -1.54. The van der Waals surface area contributed by atoms with Gasteiger partial charge in [0.1, 0.15) is 5.82 Å². The summed E-state index contributed by atoms with van der Waals surface area (Å²) in [6.45, 7) is 0.741. The van der Waals surface area contributed by atoms with Gasteiger partial charge in [-0.3, -0.25) is 0 Å². The number of benzene rings is 1. The lowest BCUT2D eigenvalue weighted by molar-refractivity contribution is 0.0595. The molecule has 2 bridgehead atoms. The summed E-state index contributed by atoms with van der Waals surface area (Å²) in [5, 5.41) is 3.41. The van der Waals surface area contributed by atoms with Gasteiger partial charge in [0.2, 0.25) is 10.0 Å². The minimum absolute atomic E-state index is 0.124. The molecule has 0 aliphatic carbocycles. The lowest BCUT2D eigenvalue weighted by Gasteiger charge is -2.24. The van der Waals surface area contributed by atoms with Crippen molar-refractivity contribution in [2.24, 2.45) is 0 Å². The molecule has 1 aromatic rings. The van der Waals surface area contributed by atoms with E-state index in [1.54, 1.807) is 0 Å². The molecule has 0 saturated carbocycles. The average Bonchev–Trinajstić information content (AvgIpc) is 2.84. The Balaban J connectivity index is 1.98. The highest BCUT2D eigenvalue weighted by Gasteiger charge is 2.36. The number of hydrogen-bond donors (Lipinski definition) is 1. The fourth-order valence-corrected chi connectivity index (χ4v) is 4.93. The third-order valence-electron chi connectivity index (χ3n) is 4.45. The van der Waals surface area contributed by atoms with Crippen molar-refractivity contribution in [2.75, 3.05) is 20.2 Å². The minimum atomic E-state index is -3.88. The first-order valence-corrected chi connectivity index (χ1v) is 9.00. The number of nitrogens with one attached hydrogen (secondary N) is 1. The molecule has 0 aromatic heterocycles. The van der Waals surface area contributed by atoms with Crippen LogP contribution < -0.4 is 5.32 Å². The van der Waals surface area contributed by atoms with Crippen LogP contribution in [0.15, 0.2) is 23.1 Å². The van der Waals surface area contributed by atoms with Crippen LogP contribution in [0, 0.1) is 5.82 Å². The molecule has 1 N–H and O–H groups in total. The van der Waals surface area contributed by atoms with E-state index in [0.29, 0.717) is 19.1 Å². The molecule has 2 aliphatic rings. The van der Waals surface area contributed by atoms with Crippen LogP contribution >= 0.6 is 0 Å². The van der Waals surface area contributed by atoms with Crippen LogP contribution in [-0.2, 0) is 14.8 Å². The highest BCUT2D eigenvalue weighted by Crippen LogP contribution is 2.27. The summed E-state index contributed by atoms with van der Waals surface area (Å²) in [7, 11) is -2.75. The Morgan fingerprint density at radius 1 is 1.30 bits per heavy atom. The van der Waals surface area contributed by atoms with Crippen LogP contribution in [0.5, 0.6) is 0 Å². The first-order chi connectivity index (χ1) is 10.9. The summed E-state index contributed by atoms with van der Waals surface area (Å²) in [4.78, 5) is 11.6. The molecule has 8 heteroatoms. The van der Waals surface area contributed by atoms with E-state index in [-0.39, 0.29) is 16.5 Å². The lowest BCUT2D eigenvalue weighted by atomic mass is 10.1. The highest BCUT2D eigenvalue weighted by molar-refractivity contribution is 7.89. The number of rotatable bonds is 3. The zero-order valence-corrected chi connectivity index (χ0v) is 13.6. The van der Waals surface area contributed by atoms with Gasteiger partial charge in [0, 0.05) is 25.2 Å². The number of carbonyl (C=O) groups is 1. The van der Waals surface area contributed by atoms with Crippen molar-refractivity contribution in [3.63, 3.8) is 0 Å². The van der Waals surface area contributed by atoms with Gasteiger partial charge >= 0.3 is 5.97 Å². The van der Waals surface area contributed by atoms with E-state index in [4.69, 9.17) is 0 Å². The van der Waals surface area contributed by atoms with Gasteiger partial charge in [-0.2, -0.15) is 4.31 Å². The zero-order valence-electron chi connectivity index (χ0n) is 12.8. The van der Waals surface area contributed by atoms with Crippen LogP contribution in [0.4, 0.5) is 4.39 Å². The Morgan fingerprint density at radius 3 is 2.78 bits per heavy atom. The second-order valence-electron chi connectivity index (χ2n) is 5.92. The average molecular weight is 342 g/mol. The van der Waals surface area contributed by atoms with Gasteiger partial charge in [-0.05, 0) is 37.5 Å². The standard InChI is InChI=1S/C15H19FN2O4S/c1-22-15(19)13-8-10(16)2-5-14(13)23(20,21)18-7-6-11-3-4-12(9-18)17-11/h2,5,8,11-12,17H,3-4,6-7,9H2,1H3. The number of esters is 1. The molecule has 2 atom stereocenters. The van der Waals surface area contributed by atoms with Gasteiger partial charge < -0.3 is 10.1 Å². The van der Waals surface area contributed by atoms with E-state index < -0.39 is 21.8 Å². The summed E-state index contributed by atoms with van der Waals surface area (Å²) < 4.78 is 45.3. The number of methoxy groups -OCH3 is 1. The molecule has 0 radical (unpaired) electrons. The molecule has 3 rings (SSSR count). The van der Waals surface area contributed by atoms with Gasteiger partial charge in [0.15, 0.2) is 0 Å². The molecule has 0 spiro atoms. The molecule has 6 nitrogen and oxygen atoms in total. The maximum Gasteiger partial charge on any atom is 0.339 e. The largest absolute Gasteiger partial charge is 0.465 e. The van der Waals surface area contributed by atoms with E-state index in [2.05, 4.69) is 10.1 Å². The molecule has 2 heterocycles. The number of hydrogen-bond acceptors (Lipinski definition) is 5. The number of carbonyl (C=O) groups excluding carboxylic acids is 1. The van der Waals surface area contributed by atoms with E-state index in [0.717, 1.165) is 44.6 Å². The van der Waals surface area contributed by atoms with Crippen LogP contribution in [0.3, 0.4) is 0 Å². The van der Waals surface area contributed by atoms with Gasteiger partial charge in [0.05, 0.1) is 17.6 Å². The second kappa shape index (κ2) is 6.18. The fraction of sp³-hybridized carbons (Fsp3) is 0.533. The van der Waals surface area contributed by atoms with Crippen molar-refractivity contribution in [3.8, 4) is 0 Å². The van der Waals surface area contributed by atoms with Crippen molar-refractivity contribution in [2.45, 2.75) is 36.2 Å². The van der Waals surface area contributed by atoms with Crippen LogP contribution in [-0.4, -0.2) is 51.0 Å². The molecule has 2 unspecified atom stereocenters. The first-order valence-electron chi connectivity index (χ1n) is 7.56. The van der Waals surface area contributed by atoms with Crippen molar-refractivity contribution >= 4 is 16.0 Å². The molecular weight excluding hydrogens is 323 g/mol. The van der Waals surface area contributed by atoms with Gasteiger partial charge in [-0.1, -0.05) is 0 Å². The number of halogens is 1. The Bertz CT molecular complexity index is 722. The van der Waals surface area contributed by atoms with Gasteiger partial charge in [-0.15, -0.1) is 0 Å². The van der Waals surface area contributed by atoms with Crippen LogP contribution in [0.1, 0.15) is 29.6 Å². The molecule has 126 valence electrons. The first kappa shape index (κ1) is 16.4. The molecule has 23 heavy (non-hydrogen) atoms. The molecule has 2 fully saturated rings. The van der Waals surface area contributed by atoms with Crippen LogP contribution in [0.2, 0.25) is 0 Å². The third kappa shape index (κ3) is 3.11. The number of ether oxygens (including phenoxy) is 1. The molecule has 0 amide bonds. The topological polar surface area (TPSA) is 75.7 Å². The predicted octanol–water partition coefficient (Wildman–Crippen LogP) is 1.13. The van der Waals surface area contributed by atoms with Crippen molar-refractivity contribution in [3.05, 3.63) is 29.6 Å². The van der Waals surface area contributed by atoms with Gasteiger partial charge in [-0.25, -0.2) is 17.6 Å². The maximum atomic E-state index is 13.4. The lowest BCUT2D eigenvalue weighted by Crippen LogP contribution is -2.39. The quantitative estimate of drug-likeness (QED) is 0.834. The minimum Gasteiger partial charge on any atom is -0.465 e. The Morgan fingerprint density at radius 2 is 2.04 bits per heavy atom. The highest BCUT2D eigenvalue weighted by atomic mass is 32.2. The number of sulfonamides is 1. The van der Waals surface area contributed by atoms with Crippen molar-refractivity contribution in [1.29, 1.82) is 0 Å². The molecular formula is C15H19FN2O4S. The molecule has 2 aliphatic heterocycles. The molecule has 1 aromatic carbocycles. The third-order valence-corrected chi connectivity index (χ3v) is 6.37. The Kier molecular flexibility index (Phi) is 4.39. The Hall–Kier alpha value is -1.51. The summed E-state index contributed by atoms with van der Waals surface area (Å²) in [5.41, 5.74) is -0.269. The van der Waals surface area contributed by atoms with Crippen molar-refractivity contribution < 1.29 is 22.3 Å². The normalized spacial score (nSPS) is 25.1. The number of fused-ring (bicyclic) bond motifs is 2. The van der Waals surface area contributed by atoms with E-state index in [1.807, 2.05) is 0 Å². The zero-order chi connectivity index (χ0) is 16.6. The summed E-state index contributed by atoms with van der Waals surface area (Å²) >= 11 is 0. The maximum absolute atomic E-state index is 13.4. The number of nitrogens with zero attached hydrogens (tertiary/aromatic N) is 1. The Labute approximate surface area is 134 Å². The van der Waals surface area contributed by atoms with E-state index in [9.17, 15) is 17.6 Å². The summed E-state index contributed by atoms with van der Waals surface area (Å²) in [6, 6.07) is 3.54. The van der Waals surface area contributed by atoms with Crippen LogP contribution in [0.25, 0.3) is 0 Å². The SMILES string of the molecule is COC(=O)c1cc(F)ccc1S(=O)(=O)N1CCC2CCC(C1)N2. The fourth-order valence-electron chi connectivity index (χ4n) is 3.26. The second-order valence-corrected chi connectivity index (χ2v) is 7.83. The van der Waals surface area contributed by atoms with E-state index in [1.165, 1.54) is 4.31 Å². The van der Waals surface area contributed by atoms with E-state index >= 15 is 0 Å². The van der Waals surface area contributed by atoms with Crippen molar-refractivity contribution in [1.82, 2.24) is 9.62 Å².